The second kappa shape index (κ2) is 7.46. The fourth-order valence-corrected chi connectivity index (χ4v) is 1.80. The average molecular weight is 246 g/mol. The highest BCUT2D eigenvalue weighted by molar-refractivity contribution is 5.85. The van der Waals surface area contributed by atoms with Gasteiger partial charge in [0.25, 0.3) is 0 Å². The number of aldehydes is 1. The first-order chi connectivity index (χ1) is 8.72. The van der Waals surface area contributed by atoms with Crippen LogP contribution in [0.4, 0.5) is 5.69 Å². The van der Waals surface area contributed by atoms with E-state index in [1.165, 1.54) is 0 Å². The van der Waals surface area contributed by atoms with Gasteiger partial charge >= 0.3 is 0 Å². The van der Waals surface area contributed by atoms with Crippen LogP contribution < -0.4 is 4.90 Å². The van der Waals surface area contributed by atoms with Gasteiger partial charge in [0, 0.05) is 31.5 Å². The van der Waals surface area contributed by atoms with Crippen LogP contribution in [-0.2, 0) is 4.74 Å². The maximum absolute atomic E-state index is 11.1. The van der Waals surface area contributed by atoms with Gasteiger partial charge in [0.2, 0.25) is 0 Å². The minimum Gasteiger partial charge on any atom is -0.383 e. The molecule has 1 aromatic carbocycles. The number of nitrogens with zero attached hydrogens (tertiary/aromatic N) is 2. The lowest BCUT2D eigenvalue weighted by atomic mass is 10.1. The molecular formula is C14H18N2O2. The van der Waals surface area contributed by atoms with Crippen LogP contribution in [0.1, 0.15) is 22.3 Å². The highest BCUT2D eigenvalue weighted by Crippen LogP contribution is 2.20. The summed E-state index contributed by atoms with van der Waals surface area (Å²) >= 11 is 0. The van der Waals surface area contributed by atoms with Crippen molar-refractivity contribution in [3.05, 3.63) is 29.3 Å². The molecular weight excluding hydrogens is 228 g/mol. The molecule has 0 N–H and O–H groups in total. The van der Waals surface area contributed by atoms with Gasteiger partial charge in [-0.15, -0.1) is 0 Å². The number of hydrogen-bond acceptors (Lipinski definition) is 4. The molecule has 1 aromatic rings. The lowest BCUT2D eigenvalue weighted by Gasteiger charge is -2.25. The third-order valence-corrected chi connectivity index (χ3v) is 2.71. The number of methoxy groups -OCH3 is 1. The first-order valence-electron chi connectivity index (χ1n) is 5.89. The predicted octanol–water partition coefficient (Wildman–Crippen LogP) is 2.17. The molecule has 0 aliphatic rings. The van der Waals surface area contributed by atoms with Crippen molar-refractivity contribution in [2.75, 3.05) is 31.7 Å². The number of ether oxygens (including phenoxy) is 1. The highest BCUT2D eigenvalue weighted by Gasteiger charge is 2.10. The minimum atomic E-state index is 0.426. The van der Waals surface area contributed by atoms with Crippen LogP contribution >= 0.6 is 0 Å². The summed E-state index contributed by atoms with van der Waals surface area (Å²) in [6.45, 7) is 3.79. The summed E-state index contributed by atoms with van der Waals surface area (Å²) in [7, 11) is 1.64. The largest absolute Gasteiger partial charge is 0.383 e. The van der Waals surface area contributed by atoms with Gasteiger partial charge in [-0.2, -0.15) is 5.26 Å². The Hall–Kier alpha value is -1.86. The average Bonchev–Trinajstić information content (AvgIpc) is 2.39. The molecule has 0 unspecified atom stereocenters. The molecule has 4 heteroatoms. The maximum atomic E-state index is 11.1. The number of anilines is 1. The van der Waals surface area contributed by atoms with E-state index in [9.17, 15) is 4.79 Å². The van der Waals surface area contributed by atoms with E-state index in [4.69, 9.17) is 10.00 Å². The molecule has 0 aliphatic carbocycles. The van der Waals surface area contributed by atoms with Gasteiger partial charge in [-0.3, -0.25) is 4.79 Å². The fourth-order valence-electron chi connectivity index (χ4n) is 1.80. The lowest BCUT2D eigenvalue weighted by molar-refractivity contribution is 0.112. The summed E-state index contributed by atoms with van der Waals surface area (Å²) in [4.78, 5) is 13.1. The smallest absolute Gasteiger partial charge is 0.152 e. The summed E-state index contributed by atoms with van der Waals surface area (Å²) in [5.74, 6) is 0. The van der Waals surface area contributed by atoms with Crippen molar-refractivity contribution >= 4 is 12.0 Å². The SMILES string of the molecule is COCCN(CCC#N)c1ccc(C)cc1C=O. The Morgan fingerprint density at radius 2 is 2.22 bits per heavy atom. The van der Waals surface area contributed by atoms with Gasteiger partial charge in [0.15, 0.2) is 6.29 Å². The Bertz CT molecular complexity index is 438. The molecule has 0 fully saturated rings. The van der Waals surface area contributed by atoms with Crippen molar-refractivity contribution in [1.29, 1.82) is 5.26 Å². The Morgan fingerprint density at radius 3 is 2.83 bits per heavy atom. The lowest BCUT2D eigenvalue weighted by Crippen LogP contribution is -2.29. The molecule has 0 heterocycles. The highest BCUT2D eigenvalue weighted by atomic mass is 16.5. The van der Waals surface area contributed by atoms with E-state index < -0.39 is 0 Å². The van der Waals surface area contributed by atoms with Crippen LogP contribution in [0.3, 0.4) is 0 Å². The number of benzene rings is 1. The number of hydrogen-bond donors (Lipinski definition) is 0. The van der Waals surface area contributed by atoms with E-state index in [-0.39, 0.29) is 0 Å². The summed E-state index contributed by atoms with van der Waals surface area (Å²) in [5, 5.41) is 8.68. The Kier molecular flexibility index (Phi) is 5.89. The molecule has 0 spiro atoms. The van der Waals surface area contributed by atoms with Crippen LogP contribution in [0.25, 0.3) is 0 Å². The molecule has 4 nitrogen and oxygen atoms in total. The van der Waals surface area contributed by atoms with Gasteiger partial charge < -0.3 is 9.64 Å². The molecule has 0 aliphatic heterocycles. The molecule has 0 aromatic heterocycles. The van der Waals surface area contributed by atoms with Crippen molar-refractivity contribution in [3.8, 4) is 6.07 Å². The van der Waals surface area contributed by atoms with Crippen molar-refractivity contribution in [2.24, 2.45) is 0 Å². The molecule has 0 atom stereocenters. The second-order valence-corrected chi connectivity index (χ2v) is 4.07. The van der Waals surface area contributed by atoms with Crippen LogP contribution in [0.2, 0.25) is 0 Å². The number of carbonyl (C=O) groups excluding carboxylic acids is 1. The van der Waals surface area contributed by atoms with Gasteiger partial charge in [-0.25, -0.2) is 0 Å². The van der Waals surface area contributed by atoms with E-state index in [1.54, 1.807) is 7.11 Å². The van der Waals surface area contributed by atoms with E-state index in [2.05, 4.69) is 6.07 Å². The standard InChI is InChI=1S/C14H18N2O2/c1-12-4-5-14(13(10-12)11-17)16(7-3-6-15)8-9-18-2/h4-5,10-11H,3,7-9H2,1-2H3. The first kappa shape index (κ1) is 14.2. The zero-order chi connectivity index (χ0) is 13.4. The molecule has 0 amide bonds. The number of aryl methyl sites for hydroxylation is 1. The van der Waals surface area contributed by atoms with E-state index in [0.29, 0.717) is 31.7 Å². The monoisotopic (exact) mass is 246 g/mol. The van der Waals surface area contributed by atoms with E-state index >= 15 is 0 Å². The molecule has 0 saturated heterocycles. The van der Waals surface area contributed by atoms with Gasteiger partial charge in [0.05, 0.1) is 19.1 Å². The van der Waals surface area contributed by atoms with Gasteiger partial charge in [-0.1, -0.05) is 11.6 Å². The molecule has 0 bridgehead atoms. The third-order valence-electron chi connectivity index (χ3n) is 2.71. The second-order valence-electron chi connectivity index (χ2n) is 4.07. The van der Waals surface area contributed by atoms with Crippen LogP contribution in [0.15, 0.2) is 18.2 Å². The van der Waals surface area contributed by atoms with E-state index in [0.717, 1.165) is 17.5 Å². The zero-order valence-electron chi connectivity index (χ0n) is 10.8. The molecule has 0 radical (unpaired) electrons. The third kappa shape index (κ3) is 3.86. The Morgan fingerprint density at radius 1 is 1.44 bits per heavy atom. The molecule has 18 heavy (non-hydrogen) atoms. The molecule has 96 valence electrons. The maximum Gasteiger partial charge on any atom is 0.152 e. The van der Waals surface area contributed by atoms with Crippen molar-refractivity contribution in [2.45, 2.75) is 13.3 Å². The Labute approximate surface area is 108 Å². The predicted molar refractivity (Wildman–Crippen MR) is 70.9 cm³/mol. The fraction of sp³-hybridized carbons (Fsp3) is 0.429. The summed E-state index contributed by atoms with van der Waals surface area (Å²) in [6.07, 6.45) is 1.28. The first-order valence-corrected chi connectivity index (χ1v) is 5.89. The summed E-state index contributed by atoms with van der Waals surface area (Å²) in [6, 6.07) is 7.87. The molecule has 0 saturated carbocycles. The van der Waals surface area contributed by atoms with Gasteiger partial charge in [0.1, 0.15) is 0 Å². The number of rotatable bonds is 7. The quantitative estimate of drug-likeness (QED) is 0.692. The summed E-state index contributed by atoms with van der Waals surface area (Å²) in [5.41, 5.74) is 2.57. The number of nitriles is 1. The molecule has 1 rings (SSSR count). The zero-order valence-corrected chi connectivity index (χ0v) is 10.8. The van der Waals surface area contributed by atoms with Crippen molar-refractivity contribution in [3.63, 3.8) is 0 Å². The van der Waals surface area contributed by atoms with Crippen molar-refractivity contribution in [1.82, 2.24) is 0 Å². The van der Waals surface area contributed by atoms with Crippen molar-refractivity contribution < 1.29 is 9.53 Å². The van der Waals surface area contributed by atoms with Crippen LogP contribution in [0, 0.1) is 18.3 Å². The van der Waals surface area contributed by atoms with Crippen LogP contribution in [-0.4, -0.2) is 33.1 Å². The van der Waals surface area contributed by atoms with Crippen LogP contribution in [0.5, 0.6) is 0 Å². The minimum absolute atomic E-state index is 0.426. The topological polar surface area (TPSA) is 53.3 Å². The Balaban J connectivity index is 2.95. The van der Waals surface area contributed by atoms with E-state index in [1.807, 2.05) is 30.0 Å². The summed E-state index contributed by atoms with van der Waals surface area (Å²) < 4.78 is 5.06. The number of carbonyl (C=O) groups is 1. The normalized spacial score (nSPS) is 9.83. The van der Waals surface area contributed by atoms with Gasteiger partial charge in [-0.05, 0) is 19.1 Å².